The molecule has 0 aromatic heterocycles. The highest BCUT2D eigenvalue weighted by Crippen LogP contribution is 2.44. The van der Waals surface area contributed by atoms with Crippen LogP contribution in [-0.2, 0) is 6.18 Å². The number of ether oxygens (including phenoxy) is 1. The van der Waals surface area contributed by atoms with Crippen LogP contribution in [0, 0.1) is 29.1 Å². The van der Waals surface area contributed by atoms with Crippen molar-refractivity contribution in [2.24, 2.45) is 0 Å². The van der Waals surface area contributed by atoms with Gasteiger partial charge in [-0.1, -0.05) is 12.1 Å². The van der Waals surface area contributed by atoms with Crippen LogP contribution in [0.1, 0.15) is 29.0 Å². The topological polar surface area (TPSA) is 38.7 Å². The van der Waals surface area contributed by atoms with Crippen molar-refractivity contribution in [1.29, 1.82) is 0 Å². The molecule has 1 atom stereocenters. The molecule has 1 N–H and O–H groups in total. The number of hydrogen-bond acceptors (Lipinski definition) is 4. The van der Waals surface area contributed by atoms with Crippen molar-refractivity contribution in [1.82, 2.24) is 0 Å². The highest BCUT2D eigenvalue weighted by Gasteiger charge is 2.33. The Hall–Kier alpha value is -3.15. The molecule has 0 radical (unpaired) electrons. The van der Waals surface area contributed by atoms with Crippen molar-refractivity contribution in [2.75, 3.05) is 6.61 Å². The van der Waals surface area contributed by atoms with E-state index in [0.29, 0.717) is 30.1 Å². The summed E-state index contributed by atoms with van der Waals surface area (Å²) in [6.45, 7) is 0.144. The molecular weight excluding hydrogens is 496 g/mol. The second-order valence-electron chi connectivity index (χ2n) is 7.23. The summed E-state index contributed by atoms with van der Waals surface area (Å²) in [6.07, 6.45) is -4.27. The third-order valence-corrected chi connectivity index (χ3v) is 5.84. The number of alkyl halides is 3. The number of aromatic hydroxyl groups is 1. The van der Waals surface area contributed by atoms with Crippen molar-refractivity contribution in [2.45, 2.75) is 23.4 Å². The first kappa shape index (κ1) is 24.0. The number of benzene rings is 3. The van der Waals surface area contributed by atoms with E-state index < -0.39 is 58.2 Å². The fourth-order valence-electron chi connectivity index (χ4n) is 3.51. The number of phenolic OH excluding ortho intramolecular Hbond substituents is 1. The molecule has 1 unspecified atom stereocenters. The summed E-state index contributed by atoms with van der Waals surface area (Å²) in [5, 5.41) is 10.2. The van der Waals surface area contributed by atoms with Crippen molar-refractivity contribution in [3.05, 3.63) is 82.2 Å². The minimum absolute atomic E-state index is 0.144. The summed E-state index contributed by atoms with van der Waals surface area (Å²) in [7, 11) is 0. The molecule has 0 saturated carbocycles. The van der Waals surface area contributed by atoms with Crippen molar-refractivity contribution >= 4 is 12.0 Å². The van der Waals surface area contributed by atoms with E-state index >= 15 is 0 Å². The van der Waals surface area contributed by atoms with E-state index in [9.17, 15) is 40.2 Å². The van der Waals surface area contributed by atoms with Gasteiger partial charge < -0.3 is 14.0 Å². The van der Waals surface area contributed by atoms with Crippen molar-refractivity contribution < 1.29 is 49.1 Å². The fraction of sp³-hybridized carbons (Fsp3) is 0.182. The summed E-state index contributed by atoms with van der Waals surface area (Å²) in [5.74, 6) is -13.1. The molecule has 1 heterocycles. The van der Waals surface area contributed by atoms with Crippen molar-refractivity contribution in [3.63, 3.8) is 0 Å². The van der Waals surface area contributed by atoms with Crippen LogP contribution >= 0.6 is 12.0 Å². The minimum Gasteiger partial charge on any atom is -0.508 e. The summed E-state index contributed by atoms with van der Waals surface area (Å²) < 4.78 is 116. The molecule has 0 aliphatic carbocycles. The third-order valence-electron chi connectivity index (χ3n) is 5.15. The lowest BCUT2D eigenvalue weighted by molar-refractivity contribution is -0.137. The van der Waals surface area contributed by atoms with E-state index in [-0.39, 0.29) is 22.8 Å². The first-order valence-corrected chi connectivity index (χ1v) is 10.3. The van der Waals surface area contributed by atoms with Crippen molar-refractivity contribution in [3.8, 4) is 17.2 Å². The lowest BCUT2D eigenvalue weighted by Gasteiger charge is -2.27. The fourth-order valence-corrected chi connectivity index (χ4v) is 4.11. The number of phenols is 1. The van der Waals surface area contributed by atoms with Crippen LogP contribution in [0.5, 0.6) is 17.2 Å². The number of hydrogen-bond donors (Lipinski definition) is 1. The van der Waals surface area contributed by atoms with E-state index in [0.717, 1.165) is 6.07 Å². The predicted octanol–water partition coefficient (Wildman–Crippen LogP) is 7.11. The molecule has 1 aliphatic heterocycles. The van der Waals surface area contributed by atoms with Gasteiger partial charge >= 0.3 is 6.18 Å². The number of halogens is 8. The molecule has 34 heavy (non-hydrogen) atoms. The molecule has 0 bridgehead atoms. The van der Waals surface area contributed by atoms with Gasteiger partial charge in [0.1, 0.15) is 11.5 Å². The molecule has 0 spiro atoms. The van der Waals surface area contributed by atoms with Gasteiger partial charge in [0.25, 0.3) is 0 Å². The average Bonchev–Trinajstić information content (AvgIpc) is 2.80. The molecule has 0 saturated heterocycles. The largest absolute Gasteiger partial charge is 0.508 e. The van der Waals surface area contributed by atoms with Gasteiger partial charge in [-0.2, -0.15) is 22.0 Å². The van der Waals surface area contributed by atoms with Gasteiger partial charge in [-0.05, 0) is 30.7 Å². The maximum Gasteiger partial charge on any atom is 0.416 e. The zero-order valence-electron chi connectivity index (χ0n) is 16.7. The van der Waals surface area contributed by atoms with Gasteiger partial charge in [-0.25, -0.2) is 13.2 Å². The second-order valence-corrected chi connectivity index (χ2v) is 8.03. The lowest BCUT2D eigenvalue weighted by Crippen LogP contribution is -2.16. The van der Waals surface area contributed by atoms with Gasteiger partial charge in [-0.3, -0.25) is 0 Å². The molecule has 0 fully saturated rings. The first-order valence-electron chi connectivity index (χ1n) is 9.51. The molecule has 4 rings (SSSR count). The van der Waals surface area contributed by atoms with Gasteiger partial charge in [-0.15, -0.1) is 0 Å². The predicted molar refractivity (Wildman–Crippen MR) is 104 cm³/mol. The van der Waals surface area contributed by atoms with E-state index in [1.54, 1.807) is 0 Å². The van der Waals surface area contributed by atoms with Crippen LogP contribution in [0.15, 0.2) is 41.3 Å². The quantitative estimate of drug-likeness (QED) is 0.177. The maximum atomic E-state index is 13.8. The summed E-state index contributed by atoms with van der Waals surface area (Å²) >= 11 is 0.313. The molecule has 0 amide bonds. The normalized spacial score (nSPS) is 15.6. The molecule has 3 nitrogen and oxygen atoms in total. The maximum absolute atomic E-state index is 13.8. The summed E-state index contributed by atoms with van der Waals surface area (Å²) in [6, 6.07) is 6.93. The van der Waals surface area contributed by atoms with Crippen LogP contribution in [0.2, 0.25) is 0 Å². The standard InChI is InChI=1S/C22H12F8O3S/c23-16-17(24)19(26)21(20(27)18(16)25)33-34-10-2-4-13-11(5-6-32-15(13)8-10)12-3-1-9(7-14(12)31)22(28,29)30/h1-4,7-8,11,31H,5-6H2. The SMILES string of the molecule is Oc1cc(C(F)(F)F)ccc1C1CCOc2cc(SOc3c(F)c(F)c(F)c(F)c3F)ccc21. The van der Waals surface area contributed by atoms with Gasteiger partial charge in [0.05, 0.1) is 29.1 Å². The Bertz CT molecular complexity index is 1230. The molecule has 180 valence electrons. The van der Waals surface area contributed by atoms with Crippen LogP contribution in [0.3, 0.4) is 0 Å². The van der Waals surface area contributed by atoms with Crippen LogP contribution in [-0.4, -0.2) is 11.7 Å². The Balaban J connectivity index is 1.59. The first-order chi connectivity index (χ1) is 16.0. The Morgan fingerprint density at radius 1 is 0.853 bits per heavy atom. The Morgan fingerprint density at radius 2 is 1.47 bits per heavy atom. The Morgan fingerprint density at radius 3 is 2.09 bits per heavy atom. The second kappa shape index (κ2) is 8.90. The minimum atomic E-state index is -4.62. The van der Waals surface area contributed by atoms with Gasteiger partial charge in [0, 0.05) is 17.0 Å². The Labute approximate surface area is 191 Å². The highest BCUT2D eigenvalue weighted by molar-refractivity contribution is 7.95. The number of rotatable bonds is 4. The van der Waals surface area contributed by atoms with Crippen LogP contribution in [0.25, 0.3) is 0 Å². The number of fused-ring (bicyclic) bond motifs is 1. The zero-order chi connectivity index (χ0) is 24.8. The van der Waals surface area contributed by atoms with E-state index in [4.69, 9.17) is 8.92 Å². The summed E-state index contributed by atoms with van der Waals surface area (Å²) in [4.78, 5) is 0.181. The Kier molecular flexibility index (Phi) is 6.28. The lowest BCUT2D eigenvalue weighted by atomic mass is 9.86. The van der Waals surface area contributed by atoms with E-state index in [1.807, 2.05) is 0 Å². The third kappa shape index (κ3) is 4.33. The molecule has 3 aromatic carbocycles. The summed E-state index contributed by atoms with van der Waals surface area (Å²) in [5.41, 5.74) is -0.240. The monoisotopic (exact) mass is 508 g/mol. The van der Waals surface area contributed by atoms with Gasteiger partial charge in [0.2, 0.25) is 34.8 Å². The zero-order valence-corrected chi connectivity index (χ0v) is 17.5. The van der Waals surface area contributed by atoms with Crippen LogP contribution < -0.4 is 8.92 Å². The average molecular weight is 508 g/mol. The smallest absolute Gasteiger partial charge is 0.416 e. The van der Waals surface area contributed by atoms with Crippen LogP contribution in [0.4, 0.5) is 35.1 Å². The molecular formula is C22H12F8O3S. The molecule has 1 aliphatic rings. The van der Waals surface area contributed by atoms with Gasteiger partial charge in [0.15, 0.2) is 0 Å². The highest BCUT2D eigenvalue weighted by atomic mass is 32.2. The molecule has 3 aromatic rings. The molecule has 12 heteroatoms. The van der Waals surface area contributed by atoms with E-state index in [2.05, 4.69) is 0 Å². The van der Waals surface area contributed by atoms with E-state index in [1.165, 1.54) is 24.3 Å².